The van der Waals surface area contributed by atoms with Crippen LogP contribution in [0.3, 0.4) is 0 Å². The van der Waals surface area contributed by atoms with Crippen LogP contribution < -0.4 is 16.0 Å². The van der Waals surface area contributed by atoms with Gasteiger partial charge in [-0.3, -0.25) is 14.5 Å². The number of benzene rings is 1. The number of carbonyl (C=O) groups excluding carboxylic acids is 2. The minimum Gasteiger partial charge on any atom is -0.354 e. The van der Waals surface area contributed by atoms with E-state index in [-0.39, 0.29) is 30.3 Å². The molecule has 0 bridgehead atoms. The van der Waals surface area contributed by atoms with Gasteiger partial charge in [-0.25, -0.2) is 0 Å². The summed E-state index contributed by atoms with van der Waals surface area (Å²) in [5, 5.41) is 9.24. The maximum absolute atomic E-state index is 12.2. The Kier molecular flexibility index (Phi) is 8.35. The standard InChI is InChI=1S/C19H28N4O2.ClH/c24-18(22-16-7-2-1-3-8-16)14-23-11-5-6-15(13-23)12-21-19(25)17-9-4-10-20-17;/h1-3,7-8,15,17,20H,4-6,9-14H2,(H,21,25)(H,22,24);1H. The molecule has 2 amide bonds. The van der Waals surface area contributed by atoms with Crippen LogP contribution in [-0.4, -0.2) is 55.5 Å². The van der Waals surface area contributed by atoms with Gasteiger partial charge in [0.25, 0.3) is 0 Å². The summed E-state index contributed by atoms with van der Waals surface area (Å²) in [6, 6.07) is 9.52. The van der Waals surface area contributed by atoms with Gasteiger partial charge in [-0.2, -0.15) is 0 Å². The second kappa shape index (κ2) is 10.5. The molecule has 2 saturated heterocycles. The Hall–Kier alpha value is -1.63. The molecule has 3 N–H and O–H groups in total. The largest absolute Gasteiger partial charge is 0.354 e. The summed E-state index contributed by atoms with van der Waals surface area (Å²) in [5.41, 5.74) is 0.831. The molecule has 0 aromatic heterocycles. The first-order chi connectivity index (χ1) is 12.2. The molecule has 2 fully saturated rings. The fraction of sp³-hybridized carbons (Fsp3) is 0.579. The van der Waals surface area contributed by atoms with Crippen molar-refractivity contribution >= 4 is 29.9 Å². The Labute approximate surface area is 161 Å². The third-order valence-corrected chi connectivity index (χ3v) is 4.97. The van der Waals surface area contributed by atoms with E-state index in [1.165, 1.54) is 0 Å². The van der Waals surface area contributed by atoms with Crippen LogP contribution in [-0.2, 0) is 9.59 Å². The quantitative estimate of drug-likeness (QED) is 0.701. The van der Waals surface area contributed by atoms with Crippen molar-refractivity contribution in [2.24, 2.45) is 5.92 Å². The number of piperidine rings is 1. The van der Waals surface area contributed by atoms with E-state index in [1.807, 2.05) is 30.3 Å². The topological polar surface area (TPSA) is 73.5 Å². The van der Waals surface area contributed by atoms with Gasteiger partial charge in [0.2, 0.25) is 11.8 Å². The van der Waals surface area contributed by atoms with Gasteiger partial charge in [-0.15, -0.1) is 12.4 Å². The van der Waals surface area contributed by atoms with Crippen molar-refractivity contribution in [3.05, 3.63) is 30.3 Å². The normalized spacial score (nSPS) is 23.1. The molecule has 2 aliphatic rings. The number of nitrogens with one attached hydrogen (secondary N) is 3. The lowest BCUT2D eigenvalue weighted by Gasteiger charge is -2.32. The Balaban J connectivity index is 0.00000243. The summed E-state index contributed by atoms with van der Waals surface area (Å²) in [5.74, 6) is 0.561. The van der Waals surface area contributed by atoms with Gasteiger partial charge in [0, 0.05) is 18.8 Å². The van der Waals surface area contributed by atoms with Gasteiger partial charge in [0.05, 0.1) is 12.6 Å². The summed E-state index contributed by atoms with van der Waals surface area (Å²) in [4.78, 5) is 26.5. The molecule has 0 radical (unpaired) electrons. The molecular formula is C19H29ClN4O2. The molecule has 3 rings (SSSR count). The third kappa shape index (κ3) is 6.27. The number of anilines is 1. The summed E-state index contributed by atoms with van der Waals surface area (Å²) >= 11 is 0. The maximum atomic E-state index is 12.2. The fourth-order valence-corrected chi connectivity index (χ4v) is 3.66. The Bertz CT molecular complexity index is 578. The molecule has 26 heavy (non-hydrogen) atoms. The first-order valence-electron chi connectivity index (χ1n) is 9.29. The monoisotopic (exact) mass is 380 g/mol. The predicted octanol–water partition coefficient (Wildman–Crippen LogP) is 1.63. The second-order valence-corrected chi connectivity index (χ2v) is 7.05. The van der Waals surface area contributed by atoms with E-state index in [9.17, 15) is 9.59 Å². The number of rotatable bonds is 6. The minimum atomic E-state index is -0.0173. The van der Waals surface area contributed by atoms with Crippen LogP contribution in [0.25, 0.3) is 0 Å². The lowest BCUT2D eigenvalue weighted by molar-refractivity contribution is -0.123. The van der Waals surface area contributed by atoms with Crippen LogP contribution in [0.1, 0.15) is 25.7 Å². The number of para-hydroxylation sites is 1. The van der Waals surface area contributed by atoms with Crippen LogP contribution in [0.5, 0.6) is 0 Å². The molecule has 2 unspecified atom stereocenters. The Morgan fingerprint density at radius 1 is 1.15 bits per heavy atom. The number of carbonyl (C=O) groups is 2. The summed E-state index contributed by atoms with van der Waals surface area (Å²) < 4.78 is 0. The fourth-order valence-electron chi connectivity index (χ4n) is 3.66. The zero-order valence-electron chi connectivity index (χ0n) is 15.1. The average Bonchev–Trinajstić information content (AvgIpc) is 3.15. The van der Waals surface area contributed by atoms with Gasteiger partial charge < -0.3 is 16.0 Å². The third-order valence-electron chi connectivity index (χ3n) is 4.97. The van der Waals surface area contributed by atoms with Gasteiger partial charge in [0.1, 0.15) is 0 Å². The minimum absolute atomic E-state index is 0. The number of hydrogen-bond acceptors (Lipinski definition) is 4. The predicted molar refractivity (Wildman–Crippen MR) is 106 cm³/mol. The second-order valence-electron chi connectivity index (χ2n) is 7.05. The van der Waals surface area contributed by atoms with Gasteiger partial charge in [0.15, 0.2) is 0 Å². The van der Waals surface area contributed by atoms with Gasteiger partial charge in [-0.1, -0.05) is 18.2 Å². The highest BCUT2D eigenvalue weighted by Crippen LogP contribution is 2.16. The molecule has 2 aliphatic heterocycles. The van der Waals surface area contributed by atoms with Crippen molar-refractivity contribution < 1.29 is 9.59 Å². The van der Waals surface area contributed by atoms with Crippen molar-refractivity contribution in [2.75, 3.05) is 38.0 Å². The highest BCUT2D eigenvalue weighted by Gasteiger charge is 2.25. The zero-order valence-corrected chi connectivity index (χ0v) is 15.9. The molecule has 1 aromatic carbocycles. The first-order valence-corrected chi connectivity index (χ1v) is 9.29. The number of hydrogen-bond donors (Lipinski definition) is 3. The van der Waals surface area contributed by atoms with Crippen LogP contribution in [0.4, 0.5) is 5.69 Å². The number of amides is 2. The van der Waals surface area contributed by atoms with E-state index in [1.54, 1.807) is 0 Å². The molecule has 0 saturated carbocycles. The molecule has 0 aliphatic carbocycles. The van der Waals surface area contributed by atoms with Crippen molar-refractivity contribution in [3.63, 3.8) is 0 Å². The Morgan fingerprint density at radius 3 is 2.69 bits per heavy atom. The van der Waals surface area contributed by atoms with Crippen LogP contribution >= 0.6 is 12.4 Å². The van der Waals surface area contributed by atoms with E-state index in [2.05, 4.69) is 20.9 Å². The molecule has 6 nitrogen and oxygen atoms in total. The SMILES string of the molecule is Cl.O=C(CN1CCCC(CNC(=O)C2CCCN2)C1)Nc1ccccc1. The van der Waals surface area contributed by atoms with Crippen LogP contribution in [0.15, 0.2) is 30.3 Å². The summed E-state index contributed by atoms with van der Waals surface area (Å²) in [6.45, 7) is 3.85. The number of likely N-dealkylation sites (tertiary alicyclic amines) is 1. The zero-order chi connectivity index (χ0) is 17.5. The molecule has 1 aromatic rings. The van der Waals surface area contributed by atoms with Crippen molar-refractivity contribution in [3.8, 4) is 0 Å². The van der Waals surface area contributed by atoms with Crippen LogP contribution in [0, 0.1) is 5.92 Å². The maximum Gasteiger partial charge on any atom is 0.238 e. The van der Waals surface area contributed by atoms with Gasteiger partial charge in [-0.05, 0) is 56.8 Å². The Morgan fingerprint density at radius 2 is 1.96 bits per heavy atom. The molecule has 2 heterocycles. The van der Waals surface area contributed by atoms with Crippen LogP contribution in [0.2, 0.25) is 0 Å². The lowest BCUT2D eigenvalue weighted by atomic mass is 9.98. The highest BCUT2D eigenvalue weighted by molar-refractivity contribution is 5.92. The summed E-state index contributed by atoms with van der Waals surface area (Å²) in [7, 11) is 0. The smallest absolute Gasteiger partial charge is 0.238 e. The van der Waals surface area contributed by atoms with E-state index >= 15 is 0 Å². The van der Waals surface area contributed by atoms with E-state index in [0.29, 0.717) is 19.0 Å². The van der Waals surface area contributed by atoms with Gasteiger partial charge >= 0.3 is 0 Å². The summed E-state index contributed by atoms with van der Waals surface area (Å²) in [6.07, 6.45) is 4.18. The number of halogens is 1. The lowest BCUT2D eigenvalue weighted by Crippen LogP contribution is -2.46. The molecule has 144 valence electrons. The van der Waals surface area contributed by atoms with Crippen molar-refractivity contribution in [1.29, 1.82) is 0 Å². The van der Waals surface area contributed by atoms with Crippen molar-refractivity contribution in [1.82, 2.24) is 15.5 Å². The van der Waals surface area contributed by atoms with E-state index in [0.717, 1.165) is 51.0 Å². The van der Waals surface area contributed by atoms with Crippen molar-refractivity contribution in [2.45, 2.75) is 31.7 Å². The van der Waals surface area contributed by atoms with E-state index in [4.69, 9.17) is 0 Å². The average molecular weight is 381 g/mol. The first kappa shape index (κ1) is 20.7. The number of nitrogens with zero attached hydrogens (tertiary/aromatic N) is 1. The molecule has 2 atom stereocenters. The molecular weight excluding hydrogens is 352 g/mol. The molecule has 7 heteroatoms. The highest BCUT2D eigenvalue weighted by atomic mass is 35.5. The van der Waals surface area contributed by atoms with E-state index < -0.39 is 0 Å². The molecule has 0 spiro atoms.